The van der Waals surface area contributed by atoms with Crippen molar-refractivity contribution in [1.82, 2.24) is 4.98 Å². The van der Waals surface area contributed by atoms with Crippen LogP contribution in [0.4, 0.5) is 11.5 Å². The molecule has 0 atom stereocenters. The third kappa shape index (κ3) is 3.41. The standard InChI is InChI=1S/C12H6Cl3N3O3/c13-8-2-1-3-16-11(8)17-12(19)7-4-6(18(20)21)5-9(14)10(7)15/h1-5H,(H,16,17,19). The molecule has 0 aliphatic rings. The zero-order chi connectivity index (χ0) is 15.6. The van der Waals surface area contributed by atoms with E-state index in [2.05, 4.69) is 10.3 Å². The predicted molar refractivity (Wildman–Crippen MR) is 80.3 cm³/mol. The van der Waals surface area contributed by atoms with E-state index in [1.807, 2.05) is 0 Å². The summed E-state index contributed by atoms with van der Waals surface area (Å²) in [5.41, 5.74) is -0.487. The molecule has 21 heavy (non-hydrogen) atoms. The number of rotatable bonds is 3. The molecule has 1 N–H and O–H groups in total. The number of non-ortho nitro benzene ring substituents is 1. The van der Waals surface area contributed by atoms with Gasteiger partial charge in [-0.2, -0.15) is 0 Å². The first-order chi connectivity index (χ1) is 9.90. The Bertz CT molecular complexity index is 737. The van der Waals surface area contributed by atoms with Crippen LogP contribution in [-0.4, -0.2) is 15.8 Å². The second kappa shape index (κ2) is 6.26. The van der Waals surface area contributed by atoms with Gasteiger partial charge in [-0.3, -0.25) is 14.9 Å². The zero-order valence-electron chi connectivity index (χ0n) is 10.1. The molecule has 0 bridgehead atoms. The molecule has 0 spiro atoms. The molecule has 0 fully saturated rings. The minimum absolute atomic E-state index is 0.0909. The number of nitro groups is 1. The molecule has 108 valence electrons. The Morgan fingerprint density at radius 3 is 2.57 bits per heavy atom. The largest absolute Gasteiger partial charge is 0.305 e. The summed E-state index contributed by atoms with van der Waals surface area (Å²) in [6.45, 7) is 0. The Labute approximate surface area is 133 Å². The fourth-order valence-corrected chi connectivity index (χ4v) is 2.08. The molecule has 9 heteroatoms. The first kappa shape index (κ1) is 15.5. The number of aromatic nitrogens is 1. The summed E-state index contributed by atoms with van der Waals surface area (Å²) >= 11 is 17.5. The second-order valence-corrected chi connectivity index (χ2v) is 5.03. The van der Waals surface area contributed by atoms with Gasteiger partial charge in [-0.1, -0.05) is 34.8 Å². The minimum Gasteiger partial charge on any atom is -0.305 e. The Balaban J connectivity index is 2.39. The average Bonchev–Trinajstić information content (AvgIpc) is 2.43. The molecule has 0 saturated carbocycles. The number of amides is 1. The molecule has 0 radical (unpaired) electrons. The molecule has 6 nitrogen and oxygen atoms in total. The van der Waals surface area contributed by atoms with Crippen LogP contribution in [0, 0.1) is 10.1 Å². The number of hydrogen-bond acceptors (Lipinski definition) is 4. The van der Waals surface area contributed by atoms with Crippen molar-refractivity contribution in [3.63, 3.8) is 0 Å². The number of hydrogen-bond donors (Lipinski definition) is 1. The molecule has 0 aliphatic carbocycles. The van der Waals surface area contributed by atoms with Crippen molar-refractivity contribution in [2.24, 2.45) is 0 Å². The third-order valence-corrected chi connectivity index (χ3v) is 3.57. The summed E-state index contributed by atoms with van der Waals surface area (Å²) in [7, 11) is 0. The van der Waals surface area contributed by atoms with Crippen LogP contribution in [0.3, 0.4) is 0 Å². The van der Waals surface area contributed by atoms with Crippen molar-refractivity contribution in [2.75, 3.05) is 5.32 Å². The molecule has 1 aromatic heterocycles. The van der Waals surface area contributed by atoms with Crippen LogP contribution in [0.5, 0.6) is 0 Å². The van der Waals surface area contributed by atoms with Crippen LogP contribution in [-0.2, 0) is 0 Å². The van der Waals surface area contributed by atoms with E-state index in [1.54, 1.807) is 6.07 Å². The second-order valence-electron chi connectivity index (χ2n) is 3.83. The molecule has 0 aliphatic heterocycles. The maximum Gasteiger partial charge on any atom is 0.271 e. The number of halogens is 3. The van der Waals surface area contributed by atoms with Crippen molar-refractivity contribution in [2.45, 2.75) is 0 Å². The number of anilines is 1. The highest BCUT2D eigenvalue weighted by Crippen LogP contribution is 2.31. The quantitative estimate of drug-likeness (QED) is 0.666. The van der Waals surface area contributed by atoms with E-state index in [1.165, 1.54) is 12.3 Å². The van der Waals surface area contributed by atoms with E-state index in [-0.39, 0.29) is 32.1 Å². The minimum atomic E-state index is -0.703. The number of carbonyl (C=O) groups is 1. The highest BCUT2D eigenvalue weighted by Gasteiger charge is 2.20. The van der Waals surface area contributed by atoms with E-state index in [9.17, 15) is 14.9 Å². The van der Waals surface area contributed by atoms with Crippen LogP contribution in [0.1, 0.15) is 10.4 Å². The van der Waals surface area contributed by atoms with Crippen molar-refractivity contribution < 1.29 is 9.72 Å². The lowest BCUT2D eigenvalue weighted by Gasteiger charge is -2.08. The van der Waals surface area contributed by atoms with E-state index >= 15 is 0 Å². The summed E-state index contributed by atoms with van der Waals surface area (Å²) < 4.78 is 0. The lowest BCUT2D eigenvalue weighted by Crippen LogP contribution is -2.14. The Morgan fingerprint density at radius 2 is 1.95 bits per heavy atom. The fourth-order valence-electron chi connectivity index (χ4n) is 1.50. The van der Waals surface area contributed by atoms with Gasteiger partial charge in [-0.25, -0.2) is 4.98 Å². The summed E-state index contributed by atoms with van der Waals surface area (Å²) in [5, 5.41) is 13.2. The van der Waals surface area contributed by atoms with Gasteiger partial charge in [0.15, 0.2) is 5.82 Å². The first-order valence-corrected chi connectivity index (χ1v) is 6.59. The lowest BCUT2D eigenvalue weighted by atomic mass is 10.2. The molecule has 1 aromatic carbocycles. The van der Waals surface area contributed by atoms with E-state index in [0.717, 1.165) is 12.1 Å². The Morgan fingerprint density at radius 1 is 1.24 bits per heavy atom. The molecule has 0 unspecified atom stereocenters. The first-order valence-electron chi connectivity index (χ1n) is 5.45. The third-order valence-electron chi connectivity index (χ3n) is 2.46. The smallest absolute Gasteiger partial charge is 0.271 e. The lowest BCUT2D eigenvalue weighted by molar-refractivity contribution is -0.384. The maximum atomic E-state index is 12.1. The van der Waals surface area contributed by atoms with Crippen molar-refractivity contribution in [3.05, 3.63) is 61.2 Å². The van der Waals surface area contributed by atoms with E-state index in [0.29, 0.717) is 0 Å². The number of nitrogens with zero attached hydrogens (tertiary/aromatic N) is 2. The van der Waals surface area contributed by atoms with Gasteiger partial charge < -0.3 is 5.32 Å². The van der Waals surface area contributed by atoms with Crippen LogP contribution < -0.4 is 5.32 Å². The molecular formula is C12H6Cl3N3O3. The molecule has 2 aromatic rings. The zero-order valence-corrected chi connectivity index (χ0v) is 12.4. The Hall–Kier alpha value is -1.89. The van der Waals surface area contributed by atoms with Crippen LogP contribution in [0.2, 0.25) is 15.1 Å². The van der Waals surface area contributed by atoms with Gasteiger partial charge in [0.1, 0.15) is 0 Å². The van der Waals surface area contributed by atoms with Crippen molar-refractivity contribution in [1.29, 1.82) is 0 Å². The highest BCUT2D eigenvalue weighted by molar-refractivity contribution is 6.44. The van der Waals surface area contributed by atoms with Gasteiger partial charge >= 0.3 is 0 Å². The summed E-state index contributed by atoms with van der Waals surface area (Å²) in [4.78, 5) is 26.1. The SMILES string of the molecule is O=C(Nc1ncccc1Cl)c1cc([N+](=O)[O-])cc(Cl)c1Cl. The van der Waals surface area contributed by atoms with Gasteiger partial charge in [0.25, 0.3) is 11.6 Å². The van der Waals surface area contributed by atoms with Gasteiger partial charge in [0.2, 0.25) is 0 Å². The number of benzene rings is 1. The van der Waals surface area contributed by atoms with Gasteiger partial charge in [0.05, 0.1) is 25.6 Å². The predicted octanol–water partition coefficient (Wildman–Crippen LogP) is 4.20. The van der Waals surface area contributed by atoms with Crippen molar-refractivity contribution in [3.8, 4) is 0 Å². The average molecular weight is 347 g/mol. The van der Waals surface area contributed by atoms with E-state index < -0.39 is 10.8 Å². The topological polar surface area (TPSA) is 85.1 Å². The van der Waals surface area contributed by atoms with Crippen LogP contribution in [0.25, 0.3) is 0 Å². The fraction of sp³-hybridized carbons (Fsp3) is 0. The summed E-state index contributed by atoms with van der Waals surface area (Å²) in [6.07, 6.45) is 1.43. The normalized spacial score (nSPS) is 10.2. The van der Waals surface area contributed by atoms with Crippen LogP contribution in [0.15, 0.2) is 30.5 Å². The Kier molecular flexibility index (Phi) is 4.62. The number of pyridine rings is 1. The van der Waals surface area contributed by atoms with Gasteiger partial charge in [0, 0.05) is 18.3 Å². The number of nitrogens with one attached hydrogen (secondary N) is 1. The van der Waals surface area contributed by atoms with E-state index in [4.69, 9.17) is 34.8 Å². The summed E-state index contributed by atoms with van der Waals surface area (Å²) in [5.74, 6) is -0.589. The monoisotopic (exact) mass is 345 g/mol. The molecule has 2 rings (SSSR count). The number of carbonyl (C=O) groups excluding carboxylic acids is 1. The molecule has 0 saturated heterocycles. The highest BCUT2D eigenvalue weighted by atomic mass is 35.5. The van der Waals surface area contributed by atoms with Crippen molar-refractivity contribution >= 4 is 52.2 Å². The molecule has 1 amide bonds. The maximum absolute atomic E-state index is 12.1. The van der Waals surface area contributed by atoms with Gasteiger partial charge in [-0.15, -0.1) is 0 Å². The molecular weight excluding hydrogens is 341 g/mol. The summed E-state index contributed by atoms with van der Waals surface area (Å²) in [6, 6.07) is 5.22. The number of nitro benzene ring substituents is 1. The van der Waals surface area contributed by atoms with Gasteiger partial charge in [-0.05, 0) is 12.1 Å². The molecule has 1 heterocycles. The van der Waals surface area contributed by atoms with Crippen LogP contribution >= 0.6 is 34.8 Å².